The molecular weight excluding hydrogens is 431 g/mol. The summed E-state index contributed by atoms with van der Waals surface area (Å²) in [6.45, 7) is 0.162. The smallest absolute Gasteiger partial charge is 0.259 e. The Hall–Kier alpha value is -3.40. The van der Waals surface area contributed by atoms with Gasteiger partial charge in [-0.25, -0.2) is 4.39 Å². The summed E-state index contributed by atoms with van der Waals surface area (Å²) in [5.41, 5.74) is 1.65. The van der Waals surface area contributed by atoms with E-state index in [9.17, 15) is 10.1 Å². The molecule has 0 bridgehead atoms. The van der Waals surface area contributed by atoms with Gasteiger partial charge in [-0.05, 0) is 35.4 Å². The van der Waals surface area contributed by atoms with Gasteiger partial charge in [0.1, 0.15) is 5.60 Å². The number of hydrogen-bond acceptors (Lipinski definition) is 4. The molecule has 0 aliphatic carbocycles. The summed E-state index contributed by atoms with van der Waals surface area (Å²) in [6, 6.07) is 19.8. The zero-order valence-electron chi connectivity index (χ0n) is 17.6. The van der Waals surface area contributed by atoms with Gasteiger partial charge in [-0.3, -0.25) is 4.79 Å². The Balaban J connectivity index is 1.78. The molecule has 7 heteroatoms. The molecule has 3 aromatic carbocycles. The van der Waals surface area contributed by atoms with Crippen LogP contribution < -0.4 is 4.74 Å². The second kappa shape index (κ2) is 8.62. The van der Waals surface area contributed by atoms with Crippen LogP contribution in [0.5, 0.6) is 5.75 Å². The second-order valence-corrected chi connectivity index (χ2v) is 8.07. The molecule has 1 heterocycles. The second-order valence-electron chi connectivity index (χ2n) is 7.67. The summed E-state index contributed by atoms with van der Waals surface area (Å²) in [6.07, 6.45) is 0. The lowest BCUT2D eigenvalue weighted by molar-refractivity contribution is -0.130. The highest BCUT2D eigenvalue weighted by Gasteiger charge is 2.48. The Morgan fingerprint density at radius 2 is 1.91 bits per heavy atom. The molecular formula is C25H20ClFN2O3. The average Bonchev–Trinajstić information content (AvgIpc) is 3.61. The molecule has 0 aromatic heterocycles. The molecule has 1 atom stereocenters. The van der Waals surface area contributed by atoms with Crippen LogP contribution in [0.3, 0.4) is 0 Å². The first-order valence-electron chi connectivity index (χ1n) is 9.93. The third kappa shape index (κ3) is 3.93. The van der Waals surface area contributed by atoms with Crippen LogP contribution in [0.4, 0.5) is 4.39 Å². The third-order valence-electron chi connectivity index (χ3n) is 5.45. The lowest BCUT2D eigenvalue weighted by Gasteiger charge is -2.17. The van der Waals surface area contributed by atoms with Crippen molar-refractivity contribution < 1.29 is 18.7 Å². The summed E-state index contributed by atoms with van der Waals surface area (Å²) in [4.78, 5) is 13.2. The molecule has 0 spiro atoms. The Morgan fingerprint density at radius 3 is 2.53 bits per heavy atom. The van der Waals surface area contributed by atoms with E-state index in [-0.39, 0.29) is 34.4 Å². The van der Waals surface area contributed by atoms with Gasteiger partial charge in [0.25, 0.3) is 5.91 Å². The predicted octanol–water partition coefficient (Wildman–Crippen LogP) is 4.76. The van der Waals surface area contributed by atoms with E-state index in [0.29, 0.717) is 12.2 Å². The first-order chi connectivity index (χ1) is 15.4. The van der Waals surface area contributed by atoms with Crippen molar-refractivity contribution in [1.82, 2.24) is 4.90 Å². The maximum Gasteiger partial charge on any atom is 0.259 e. The fraction of sp³-hybridized carbons (Fsp3) is 0.200. The van der Waals surface area contributed by atoms with E-state index >= 15 is 4.39 Å². The number of carbonyl (C=O) groups is 1. The Morgan fingerprint density at radius 1 is 1.19 bits per heavy atom. The van der Waals surface area contributed by atoms with Gasteiger partial charge in [-0.1, -0.05) is 48.0 Å². The number of halogens is 2. The monoisotopic (exact) mass is 450 g/mol. The zero-order valence-corrected chi connectivity index (χ0v) is 18.3. The Kier molecular flexibility index (Phi) is 5.88. The molecule has 1 aliphatic heterocycles. The zero-order chi connectivity index (χ0) is 22.9. The molecule has 4 rings (SSSR count). The lowest BCUT2D eigenvalue weighted by Crippen LogP contribution is -2.27. The third-order valence-corrected chi connectivity index (χ3v) is 5.78. The topological polar surface area (TPSA) is 65.9 Å². The maximum absolute atomic E-state index is 15.5. The van der Waals surface area contributed by atoms with Gasteiger partial charge in [0.15, 0.2) is 18.2 Å². The summed E-state index contributed by atoms with van der Waals surface area (Å²) >= 11 is 6.45. The van der Waals surface area contributed by atoms with Crippen molar-refractivity contribution in [2.75, 3.05) is 27.3 Å². The van der Waals surface area contributed by atoms with Gasteiger partial charge in [-0.15, -0.1) is 0 Å². The number of benzene rings is 3. The molecule has 5 nitrogen and oxygen atoms in total. The van der Waals surface area contributed by atoms with Crippen molar-refractivity contribution in [1.29, 1.82) is 5.26 Å². The van der Waals surface area contributed by atoms with Gasteiger partial charge < -0.3 is 14.4 Å². The quantitative estimate of drug-likeness (QED) is 0.508. The van der Waals surface area contributed by atoms with Crippen LogP contribution in [0.1, 0.15) is 16.7 Å². The fourth-order valence-corrected chi connectivity index (χ4v) is 3.75. The van der Waals surface area contributed by atoms with Crippen molar-refractivity contribution in [3.8, 4) is 22.9 Å². The first-order valence-corrected chi connectivity index (χ1v) is 10.3. The number of likely N-dealkylation sites (N-methyl/N-ethyl adjacent to an activating group) is 1. The fourth-order valence-electron chi connectivity index (χ4n) is 3.54. The largest absolute Gasteiger partial charge is 0.481 e. The normalized spacial score (nSPS) is 16.8. The van der Waals surface area contributed by atoms with Crippen LogP contribution in [0, 0.1) is 17.1 Å². The molecule has 32 heavy (non-hydrogen) atoms. The van der Waals surface area contributed by atoms with Crippen LogP contribution >= 0.6 is 11.6 Å². The molecule has 0 radical (unpaired) electrons. The minimum atomic E-state index is -0.750. The minimum absolute atomic E-state index is 0.0259. The molecule has 1 fully saturated rings. The summed E-state index contributed by atoms with van der Waals surface area (Å²) in [5.74, 6) is -1.19. The van der Waals surface area contributed by atoms with Crippen LogP contribution in [-0.2, 0) is 15.1 Å². The summed E-state index contributed by atoms with van der Waals surface area (Å²) < 4.78 is 26.7. The number of carbonyl (C=O) groups excluding carboxylic acids is 1. The molecule has 1 saturated heterocycles. The van der Waals surface area contributed by atoms with Crippen molar-refractivity contribution in [2.24, 2.45) is 0 Å². The average molecular weight is 451 g/mol. The van der Waals surface area contributed by atoms with Crippen molar-refractivity contribution in [3.63, 3.8) is 0 Å². The van der Waals surface area contributed by atoms with E-state index in [1.165, 1.54) is 17.0 Å². The Bertz CT molecular complexity index is 1220. The molecule has 3 aromatic rings. The number of hydrogen-bond donors (Lipinski definition) is 0. The number of rotatable bonds is 6. The van der Waals surface area contributed by atoms with Crippen molar-refractivity contribution in [3.05, 3.63) is 88.2 Å². The van der Waals surface area contributed by atoms with E-state index < -0.39 is 11.4 Å². The van der Waals surface area contributed by atoms with E-state index in [1.54, 1.807) is 26.2 Å². The van der Waals surface area contributed by atoms with E-state index in [4.69, 9.17) is 21.1 Å². The van der Waals surface area contributed by atoms with Gasteiger partial charge >= 0.3 is 0 Å². The van der Waals surface area contributed by atoms with Crippen LogP contribution in [0.25, 0.3) is 11.1 Å². The SMILES string of the molecule is CN(C)C(=O)COc1ccc(C#N)c(-c2cc(C3(c4ccccc4)CO3)ccc2Cl)c1F. The maximum atomic E-state index is 15.5. The summed E-state index contributed by atoms with van der Waals surface area (Å²) in [7, 11) is 3.17. The van der Waals surface area contributed by atoms with E-state index in [1.807, 2.05) is 42.5 Å². The van der Waals surface area contributed by atoms with Gasteiger partial charge in [0.05, 0.1) is 18.2 Å². The standard InChI is InChI=1S/C25H20ClFN2O3/c1-29(2)22(30)14-31-21-11-8-16(13-28)23(24(21)27)19-12-18(9-10-20(19)26)25(15-32-25)17-6-4-3-5-7-17/h3-12H,14-15H2,1-2H3. The number of epoxide rings is 1. The molecule has 0 N–H and O–H groups in total. The highest BCUT2D eigenvalue weighted by atomic mass is 35.5. The molecule has 1 aliphatic rings. The van der Waals surface area contributed by atoms with Crippen LogP contribution in [0.15, 0.2) is 60.7 Å². The van der Waals surface area contributed by atoms with E-state index in [2.05, 4.69) is 0 Å². The molecule has 1 unspecified atom stereocenters. The van der Waals surface area contributed by atoms with Crippen LogP contribution in [-0.4, -0.2) is 38.1 Å². The number of nitrogens with zero attached hydrogens (tertiary/aromatic N) is 2. The number of amides is 1. The van der Waals surface area contributed by atoms with Gasteiger partial charge in [-0.2, -0.15) is 5.26 Å². The van der Waals surface area contributed by atoms with E-state index in [0.717, 1.165) is 11.1 Å². The lowest BCUT2D eigenvalue weighted by atomic mass is 9.89. The number of nitriles is 1. The number of ether oxygens (including phenoxy) is 2. The summed E-state index contributed by atoms with van der Waals surface area (Å²) in [5, 5.41) is 9.90. The van der Waals surface area contributed by atoms with Crippen molar-refractivity contribution >= 4 is 17.5 Å². The highest BCUT2D eigenvalue weighted by molar-refractivity contribution is 6.33. The first kappa shape index (κ1) is 21.8. The molecule has 0 saturated carbocycles. The predicted molar refractivity (Wildman–Crippen MR) is 119 cm³/mol. The van der Waals surface area contributed by atoms with Gasteiger partial charge in [0, 0.05) is 30.2 Å². The van der Waals surface area contributed by atoms with Crippen molar-refractivity contribution in [2.45, 2.75) is 5.60 Å². The molecule has 1 amide bonds. The Labute approximate surface area is 190 Å². The minimum Gasteiger partial charge on any atom is -0.481 e. The van der Waals surface area contributed by atoms with Crippen LogP contribution in [0.2, 0.25) is 5.02 Å². The highest BCUT2D eigenvalue weighted by Crippen LogP contribution is 2.47. The van der Waals surface area contributed by atoms with Gasteiger partial charge in [0.2, 0.25) is 0 Å². The molecule has 162 valence electrons.